The van der Waals surface area contributed by atoms with Crippen molar-refractivity contribution in [3.05, 3.63) is 24.0 Å². The monoisotopic (exact) mass is 319 g/mol. The van der Waals surface area contributed by atoms with Crippen LogP contribution in [0.3, 0.4) is 0 Å². The maximum Gasteiger partial charge on any atom is 0.248 e. The third-order valence-corrected chi connectivity index (χ3v) is 4.55. The lowest BCUT2D eigenvalue weighted by atomic mass is 9.86. The second kappa shape index (κ2) is 6.17. The van der Waals surface area contributed by atoms with E-state index >= 15 is 0 Å². The zero-order valence-corrected chi connectivity index (χ0v) is 12.3. The van der Waals surface area contributed by atoms with E-state index in [0.717, 1.165) is 6.07 Å². The Bertz CT molecular complexity index is 567. The van der Waals surface area contributed by atoms with Gasteiger partial charge in [0.05, 0.1) is 15.7 Å². The van der Waals surface area contributed by atoms with Gasteiger partial charge in [-0.15, -0.1) is 0 Å². The van der Waals surface area contributed by atoms with Crippen molar-refractivity contribution in [2.75, 3.05) is 11.6 Å². The highest BCUT2D eigenvalue weighted by Gasteiger charge is 2.37. The first-order valence-corrected chi connectivity index (χ1v) is 8.16. The van der Waals surface area contributed by atoms with E-state index in [4.69, 9.17) is 0 Å². The molecule has 1 aliphatic rings. The number of halogens is 3. The lowest BCUT2D eigenvalue weighted by Gasteiger charge is -2.27. The van der Waals surface area contributed by atoms with Crippen LogP contribution in [-0.2, 0) is 15.6 Å². The van der Waals surface area contributed by atoms with Crippen LogP contribution in [0.4, 0.5) is 18.9 Å². The standard InChI is InChI=1S/C14H16F3NO2S/c1-21(20)12-3-2-10(8-11(12)15)18-13(19)9-4-6-14(16,17)7-5-9/h2-3,8-9H,4-7H2,1H3,(H,18,19)/t21-/m1/s1. The molecule has 1 fully saturated rings. The molecule has 1 N–H and O–H groups in total. The molecule has 0 saturated heterocycles. The summed E-state index contributed by atoms with van der Waals surface area (Å²) >= 11 is 0. The number of hydrogen-bond acceptors (Lipinski definition) is 2. The summed E-state index contributed by atoms with van der Waals surface area (Å²) in [6, 6.07) is 3.89. The van der Waals surface area contributed by atoms with Crippen molar-refractivity contribution in [2.45, 2.75) is 36.5 Å². The van der Waals surface area contributed by atoms with E-state index in [0.29, 0.717) is 0 Å². The van der Waals surface area contributed by atoms with Gasteiger partial charge in [-0.2, -0.15) is 0 Å². The van der Waals surface area contributed by atoms with Gasteiger partial charge in [-0.05, 0) is 31.0 Å². The Morgan fingerprint density at radius 1 is 1.33 bits per heavy atom. The number of benzene rings is 1. The molecular formula is C14H16F3NO2S. The van der Waals surface area contributed by atoms with E-state index in [2.05, 4.69) is 5.32 Å². The summed E-state index contributed by atoms with van der Waals surface area (Å²) < 4.78 is 50.9. The highest BCUT2D eigenvalue weighted by Crippen LogP contribution is 2.36. The number of alkyl halides is 2. The van der Waals surface area contributed by atoms with Crippen molar-refractivity contribution >= 4 is 22.4 Å². The van der Waals surface area contributed by atoms with Crippen molar-refractivity contribution in [1.29, 1.82) is 0 Å². The Morgan fingerprint density at radius 2 is 1.95 bits per heavy atom. The minimum absolute atomic E-state index is 0.0605. The molecule has 21 heavy (non-hydrogen) atoms. The molecule has 3 nitrogen and oxygen atoms in total. The van der Waals surface area contributed by atoms with Crippen LogP contribution in [0.2, 0.25) is 0 Å². The summed E-state index contributed by atoms with van der Waals surface area (Å²) in [5.74, 6) is -4.21. The Hall–Kier alpha value is -1.37. The summed E-state index contributed by atoms with van der Waals surface area (Å²) in [6.45, 7) is 0. The van der Waals surface area contributed by atoms with Crippen molar-refractivity contribution in [1.82, 2.24) is 0 Å². The molecule has 1 amide bonds. The summed E-state index contributed by atoms with van der Waals surface area (Å²) in [5, 5.41) is 2.52. The van der Waals surface area contributed by atoms with Crippen LogP contribution in [0, 0.1) is 11.7 Å². The molecule has 116 valence electrons. The zero-order chi connectivity index (χ0) is 15.6. The lowest BCUT2D eigenvalue weighted by Crippen LogP contribution is -2.31. The number of anilines is 1. The fourth-order valence-corrected chi connectivity index (χ4v) is 2.95. The first kappa shape index (κ1) is 16.0. The highest BCUT2D eigenvalue weighted by molar-refractivity contribution is 7.84. The Morgan fingerprint density at radius 3 is 2.48 bits per heavy atom. The molecule has 0 spiro atoms. The van der Waals surface area contributed by atoms with E-state index in [9.17, 15) is 22.2 Å². The van der Waals surface area contributed by atoms with Gasteiger partial charge in [-0.1, -0.05) is 0 Å². The van der Waals surface area contributed by atoms with Crippen LogP contribution in [0.15, 0.2) is 23.1 Å². The number of hydrogen-bond donors (Lipinski definition) is 1. The molecule has 0 aliphatic heterocycles. The molecule has 1 aromatic rings. The fourth-order valence-electron chi connectivity index (χ4n) is 2.36. The number of rotatable bonds is 3. The smallest absolute Gasteiger partial charge is 0.248 e. The molecule has 0 bridgehead atoms. The summed E-state index contributed by atoms with van der Waals surface area (Å²) in [6.07, 6.45) is 1.01. The number of amides is 1. The average molecular weight is 319 g/mol. The lowest BCUT2D eigenvalue weighted by molar-refractivity contribution is -0.124. The normalized spacial score (nSPS) is 20.0. The molecule has 1 aromatic carbocycles. The molecular weight excluding hydrogens is 303 g/mol. The summed E-state index contributed by atoms with van der Waals surface area (Å²) in [4.78, 5) is 12.0. The minimum atomic E-state index is -2.68. The molecule has 1 saturated carbocycles. The van der Waals surface area contributed by atoms with Crippen LogP contribution in [-0.4, -0.2) is 22.3 Å². The SMILES string of the molecule is C[S@@](=O)c1ccc(NC(=O)C2CCC(F)(F)CC2)cc1F. The first-order chi connectivity index (χ1) is 9.78. The van der Waals surface area contributed by atoms with Crippen molar-refractivity contribution in [3.8, 4) is 0 Å². The second-order valence-corrected chi connectivity index (χ2v) is 6.57. The molecule has 7 heteroatoms. The van der Waals surface area contributed by atoms with Crippen LogP contribution < -0.4 is 5.32 Å². The minimum Gasteiger partial charge on any atom is -0.326 e. The maximum atomic E-state index is 13.7. The predicted octanol–water partition coefficient (Wildman–Crippen LogP) is 3.33. The van der Waals surface area contributed by atoms with Gasteiger partial charge < -0.3 is 5.32 Å². The van der Waals surface area contributed by atoms with Crippen molar-refractivity contribution in [3.63, 3.8) is 0 Å². The molecule has 1 atom stereocenters. The van der Waals surface area contributed by atoms with Gasteiger partial charge in [0.1, 0.15) is 5.82 Å². The van der Waals surface area contributed by atoms with Gasteiger partial charge in [-0.25, -0.2) is 13.2 Å². The van der Waals surface area contributed by atoms with Gasteiger partial charge >= 0.3 is 0 Å². The number of nitrogens with one attached hydrogen (secondary N) is 1. The summed E-state index contributed by atoms with van der Waals surface area (Å²) in [5.41, 5.74) is 0.240. The molecule has 0 aromatic heterocycles. The van der Waals surface area contributed by atoms with Gasteiger partial charge in [0, 0.05) is 30.7 Å². The third kappa shape index (κ3) is 4.06. The van der Waals surface area contributed by atoms with Gasteiger partial charge in [0.15, 0.2) is 0 Å². The zero-order valence-electron chi connectivity index (χ0n) is 11.5. The fraction of sp³-hybridized carbons (Fsp3) is 0.500. The first-order valence-electron chi connectivity index (χ1n) is 6.60. The summed E-state index contributed by atoms with van der Waals surface area (Å²) in [7, 11) is -1.45. The van der Waals surface area contributed by atoms with Crippen LogP contribution in [0.25, 0.3) is 0 Å². The van der Waals surface area contributed by atoms with E-state index in [1.54, 1.807) is 0 Å². The van der Waals surface area contributed by atoms with E-state index < -0.39 is 28.5 Å². The second-order valence-electron chi connectivity index (χ2n) is 5.22. The Balaban J connectivity index is 2.00. The van der Waals surface area contributed by atoms with Crippen LogP contribution >= 0.6 is 0 Å². The molecule has 1 aliphatic carbocycles. The molecule has 0 heterocycles. The molecule has 2 rings (SSSR count). The Labute approximate surface area is 123 Å². The number of carbonyl (C=O) groups excluding carboxylic acids is 1. The van der Waals surface area contributed by atoms with E-state index in [1.165, 1.54) is 18.4 Å². The van der Waals surface area contributed by atoms with Crippen molar-refractivity contribution in [2.24, 2.45) is 5.92 Å². The van der Waals surface area contributed by atoms with Gasteiger partial charge in [0.2, 0.25) is 11.8 Å². The van der Waals surface area contributed by atoms with E-state index in [-0.39, 0.29) is 42.2 Å². The topological polar surface area (TPSA) is 46.2 Å². The Kier molecular flexibility index (Phi) is 4.70. The quantitative estimate of drug-likeness (QED) is 0.929. The predicted molar refractivity (Wildman–Crippen MR) is 74.3 cm³/mol. The third-order valence-electron chi connectivity index (χ3n) is 3.60. The largest absolute Gasteiger partial charge is 0.326 e. The number of carbonyl (C=O) groups is 1. The van der Waals surface area contributed by atoms with E-state index in [1.807, 2.05) is 0 Å². The average Bonchev–Trinajstić information content (AvgIpc) is 2.38. The molecule has 0 unspecified atom stereocenters. The molecule has 0 radical (unpaired) electrons. The van der Waals surface area contributed by atoms with Crippen LogP contribution in [0.5, 0.6) is 0 Å². The van der Waals surface area contributed by atoms with Gasteiger partial charge in [0.25, 0.3) is 0 Å². The highest BCUT2D eigenvalue weighted by atomic mass is 32.2. The maximum absolute atomic E-state index is 13.7. The van der Waals surface area contributed by atoms with Crippen molar-refractivity contribution < 1.29 is 22.2 Å². The van der Waals surface area contributed by atoms with Gasteiger partial charge in [-0.3, -0.25) is 9.00 Å². The van der Waals surface area contributed by atoms with Crippen LogP contribution in [0.1, 0.15) is 25.7 Å².